The molecule has 2 atom stereocenters. The van der Waals surface area contributed by atoms with Crippen LogP contribution < -0.4 is 27.8 Å². The molecule has 0 aliphatic carbocycles. The number of nitrogens with zero attached hydrogens (tertiary/aromatic N) is 4. The van der Waals surface area contributed by atoms with Crippen LogP contribution >= 0.6 is 0 Å². The third-order valence-electron chi connectivity index (χ3n) is 6.65. The van der Waals surface area contributed by atoms with Crippen molar-refractivity contribution in [2.24, 2.45) is 16.5 Å². The number of rotatable bonds is 11. The lowest BCUT2D eigenvalue weighted by molar-refractivity contribution is 0.0453. The molecule has 11 nitrogen and oxygen atoms in total. The first-order valence-corrected chi connectivity index (χ1v) is 12.8. The number of nitrogens with one attached hydrogen (secondary N) is 3. The molecule has 7 N–H and O–H groups in total. The van der Waals surface area contributed by atoms with Gasteiger partial charge < -0.3 is 31.8 Å². The fourth-order valence-electron chi connectivity index (χ4n) is 4.58. The number of hydrogen-bond acceptors (Lipinski definition) is 7. The highest BCUT2D eigenvalue weighted by Gasteiger charge is 2.19. The summed E-state index contributed by atoms with van der Waals surface area (Å²) in [6.07, 6.45) is 5.18. The number of aromatic amines is 1. The standard InChI is InChI=1S/C27H33N9O2/c28-26(29)32-12-9-22(15-33-24-3-1-2-10-31-24)38-17-18-4-6-21(7-5-18)36-16-20-13-23(19-8-11-30-14-19)34-25(20)35-27(36)37/h1-7,10,13,16,19,22,30H,8-9,11-12,14-15,17H2,(H,31,33)(H4,28,29,32)(H,34,35,37)/t19?,22-/m1/s1. The maximum atomic E-state index is 12.8. The van der Waals surface area contributed by atoms with E-state index >= 15 is 0 Å². The van der Waals surface area contributed by atoms with Crippen molar-refractivity contribution in [2.75, 3.05) is 31.5 Å². The summed E-state index contributed by atoms with van der Waals surface area (Å²) < 4.78 is 7.75. The zero-order valence-corrected chi connectivity index (χ0v) is 21.1. The summed E-state index contributed by atoms with van der Waals surface area (Å²) >= 11 is 0. The van der Waals surface area contributed by atoms with Crippen molar-refractivity contribution in [3.63, 3.8) is 0 Å². The summed E-state index contributed by atoms with van der Waals surface area (Å²) in [5.74, 6) is 1.26. The predicted molar refractivity (Wildman–Crippen MR) is 149 cm³/mol. The second-order valence-corrected chi connectivity index (χ2v) is 9.40. The minimum atomic E-state index is -0.320. The summed E-state index contributed by atoms with van der Waals surface area (Å²) in [4.78, 5) is 28.7. The van der Waals surface area contributed by atoms with Crippen molar-refractivity contribution in [3.8, 4) is 5.69 Å². The Morgan fingerprint density at radius 1 is 1.24 bits per heavy atom. The first kappa shape index (κ1) is 25.4. The third kappa shape index (κ3) is 6.36. The van der Waals surface area contributed by atoms with Gasteiger partial charge in [-0.1, -0.05) is 18.2 Å². The zero-order chi connectivity index (χ0) is 26.3. The number of nitrogens with two attached hydrogens (primary N) is 2. The summed E-state index contributed by atoms with van der Waals surface area (Å²) in [5.41, 5.74) is 14.1. The van der Waals surface area contributed by atoms with Crippen LogP contribution in [0, 0.1) is 0 Å². The number of benzene rings is 1. The number of aliphatic imine (C=N–C) groups is 1. The smallest absolute Gasteiger partial charge is 0.354 e. The van der Waals surface area contributed by atoms with Gasteiger partial charge in [-0.25, -0.2) is 9.78 Å². The minimum Gasteiger partial charge on any atom is -0.372 e. The highest BCUT2D eigenvalue weighted by atomic mass is 16.5. The molecule has 198 valence electrons. The Morgan fingerprint density at radius 3 is 2.84 bits per heavy atom. The van der Waals surface area contributed by atoms with Crippen molar-refractivity contribution in [1.82, 2.24) is 24.8 Å². The molecule has 1 aliphatic rings. The van der Waals surface area contributed by atoms with E-state index in [0.717, 1.165) is 47.7 Å². The largest absolute Gasteiger partial charge is 0.372 e. The number of pyridine rings is 1. The Balaban J connectivity index is 1.24. The number of anilines is 1. The van der Waals surface area contributed by atoms with Crippen LogP contribution in [0.3, 0.4) is 0 Å². The second-order valence-electron chi connectivity index (χ2n) is 9.40. The summed E-state index contributed by atoms with van der Waals surface area (Å²) in [5, 5.41) is 7.59. The lowest BCUT2D eigenvalue weighted by Gasteiger charge is -2.18. The van der Waals surface area contributed by atoms with Crippen molar-refractivity contribution in [2.45, 2.75) is 31.5 Å². The number of hydrogen-bond donors (Lipinski definition) is 5. The third-order valence-corrected chi connectivity index (χ3v) is 6.65. The van der Waals surface area contributed by atoms with Gasteiger partial charge in [0.05, 0.1) is 18.4 Å². The fraction of sp³-hybridized carbons (Fsp3) is 0.333. The van der Waals surface area contributed by atoms with Gasteiger partial charge in [0.15, 0.2) is 5.96 Å². The van der Waals surface area contributed by atoms with E-state index < -0.39 is 0 Å². The van der Waals surface area contributed by atoms with Crippen molar-refractivity contribution >= 4 is 22.8 Å². The van der Waals surface area contributed by atoms with E-state index in [9.17, 15) is 4.79 Å². The van der Waals surface area contributed by atoms with Gasteiger partial charge in [0, 0.05) is 49.0 Å². The van der Waals surface area contributed by atoms with E-state index in [1.165, 1.54) is 0 Å². The summed E-state index contributed by atoms with van der Waals surface area (Å²) in [7, 11) is 0. The first-order valence-electron chi connectivity index (χ1n) is 12.8. The molecule has 1 unspecified atom stereocenters. The van der Waals surface area contributed by atoms with Crippen molar-refractivity contribution in [1.29, 1.82) is 0 Å². The molecule has 4 heterocycles. The van der Waals surface area contributed by atoms with E-state index in [1.807, 2.05) is 48.7 Å². The zero-order valence-electron chi connectivity index (χ0n) is 21.1. The Bertz CT molecular complexity index is 1420. The average molecular weight is 516 g/mol. The Labute approximate surface area is 220 Å². The molecule has 0 radical (unpaired) electrons. The molecule has 4 aromatic rings. The maximum Gasteiger partial charge on any atom is 0.354 e. The molecule has 0 saturated carbocycles. The van der Waals surface area contributed by atoms with Crippen LogP contribution in [0.4, 0.5) is 5.82 Å². The molecule has 11 heteroatoms. The van der Waals surface area contributed by atoms with Gasteiger partial charge in [0.1, 0.15) is 11.5 Å². The van der Waals surface area contributed by atoms with E-state index in [-0.39, 0.29) is 17.8 Å². The number of fused-ring (bicyclic) bond motifs is 1. The van der Waals surface area contributed by atoms with E-state index in [2.05, 4.69) is 36.6 Å². The van der Waals surface area contributed by atoms with Gasteiger partial charge in [0.25, 0.3) is 0 Å². The van der Waals surface area contributed by atoms with Gasteiger partial charge in [-0.2, -0.15) is 4.98 Å². The number of aromatic nitrogens is 4. The molecular formula is C27H33N9O2. The number of ether oxygens (including phenoxy) is 1. The molecule has 3 aromatic heterocycles. The number of guanidine groups is 1. The SMILES string of the molecule is NC(N)=NCC[C@H](CNc1ccccn1)OCc1ccc(-n2cc3cc(C4CCNC4)[nH]c3nc2=O)cc1. The van der Waals surface area contributed by atoms with Crippen LogP contribution in [0.5, 0.6) is 0 Å². The molecule has 0 spiro atoms. The highest BCUT2D eigenvalue weighted by molar-refractivity contribution is 5.76. The molecule has 1 fully saturated rings. The molecule has 1 aromatic carbocycles. The normalized spacial score (nSPS) is 15.9. The summed E-state index contributed by atoms with van der Waals surface area (Å²) in [6, 6.07) is 15.5. The van der Waals surface area contributed by atoms with Crippen LogP contribution in [-0.4, -0.2) is 57.8 Å². The molecule has 38 heavy (non-hydrogen) atoms. The fourth-order valence-corrected chi connectivity index (χ4v) is 4.58. The first-order chi connectivity index (χ1) is 18.5. The van der Waals surface area contributed by atoms with Crippen LogP contribution in [-0.2, 0) is 11.3 Å². The monoisotopic (exact) mass is 515 g/mol. The quantitative estimate of drug-likeness (QED) is 0.149. The van der Waals surface area contributed by atoms with Gasteiger partial charge in [-0.05, 0) is 55.3 Å². The van der Waals surface area contributed by atoms with Crippen molar-refractivity contribution in [3.05, 3.63) is 82.7 Å². The van der Waals surface area contributed by atoms with Crippen LogP contribution in [0.25, 0.3) is 16.7 Å². The Morgan fingerprint density at radius 2 is 2.11 bits per heavy atom. The van der Waals surface area contributed by atoms with E-state index in [1.54, 1.807) is 10.8 Å². The van der Waals surface area contributed by atoms with Crippen LogP contribution in [0.1, 0.15) is 30.0 Å². The van der Waals surface area contributed by atoms with Gasteiger partial charge in [-0.15, -0.1) is 0 Å². The van der Waals surface area contributed by atoms with Crippen molar-refractivity contribution < 1.29 is 4.74 Å². The van der Waals surface area contributed by atoms with Crippen LogP contribution in [0.15, 0.2) is 70.7 Å². The topological polar surface area (TPSA) is 161 Å². The molecule has 5 rings (SSSR count). The molecule has 0 amide bonds. The lowest BCUT2D eigenvalue weighted by atomic mass is 10.1. The van der Waals surface area contributed by atoms with E-state index in [0.29, 0.717) is 37.7 Å². The van der Waals surface area contributed by atoms with Gasteiger partial charge in [-0.3, -0.25) is 9.56 Å². The second kappa shape index (κ2) is 11.9. The number of H-pyrrole nitrogens is 1. The summed E-state index contributed by atoms with van der Waals surface area (Å²) in [6.45, 7) is 3.38. The molecule has 1 saturated heterocycles. The lowest BCUT2D eigenvalue weighted by Crippen LogP contribution is -2.27. The van der Waals surface area contributed by atoms with Crippen LogP contribution in [0.2, 0.25) is 0 Å². The molecule has 0 bridgehead atoms. The highest BCUT2D eigenvalue weighted by Crippen LogP contribution is 2.24. The van der Waals surface area contributed by atoms with E-state index in [4.69, 9.17) is 16.2 Å². The minimum absolute atomic E-state index is 0.0614. The maximum absolute atomic E-state index is 12.8. The Kier molecular flexibility index (Phi) is 7.95. The van der Waals surface area contributed by atoms with Gasteiger partial charge in [0.2, 0.25) is 0 Å². The molecule has 1 aliphatic heterocycles. The average Bonchev–Trinajstić information content (AvgIpc) is 3.60. The predicted octanol–water partition coefficient (Wildman–Crippen LogP) is 1.85. The van der Waals surface area contributed by atoms with Gasteiger partial charge >= 0.3 is 5.69 Å². The Hall–Kier alpha value is -4.22. The molecular weight excluding hydrogens is 482 g/mol.